The minimum atomic E-state index is 0.146. The SMILES string of the molecule is COc1c(Nc2cc(C)[nH]n2)nc(Sc2ccc(CC(C)=O)cc2)nc1C1=CCNCC1. The normalized spacial score (nSPS) is 13.5. The Balaban J connectivity index is 1.70. The number of aromatic nitrogens is 4. The zero-order valence-electron chi connectivity index (χ0n) is 18.4. The van der Waals surface area contributed by atoms with E-state index in [4.69, 9.17) is 14.7 Å². The van der Waals surface area contributed by atoms with Gasteiger partial charge in [-0.25, -0.2) is 9.97 Å². The van der Waals surface area contributed by atoms with Crippen LogP contribution in [-0.4, -0.2) is 46.1 Å². The highest BCUT2D eigenvalue weighted by molar-refractivity contribution is 7.99. The van der Waals surface area contributed by atoms with Crippen LogP contribution in [0, 0.1) is 6.92 Å². The molecule has 0 unspecified atom stereocenters. The van der Waals surface area contributed by atoms with Crippen molar-refractivity contribution < 1.29 is 9.53 Å². The number of nitrogens with zero attached hydrogens (tertiary/aromatic N) is 3. The number of methoxy groups -OCH3 is 1. The fourth-order valence-electron chi connectivity index (χ4n) is 3.48. The molecule has 8 nitrogen and oxygen atoms in total. The summed E-state index contributed by atoms with van der Waals surface area (Å²) in [6.45, 7) is 5.22. The van der Waals surface area contributed by atoms with Crippen molar-refractivity contribution in [1.29, 1.82) is 0 Å². The molecule has 32 heavy (non-hydrogen) atoms. The number of benzene rings is 1. The van der Waals surface area contributed by atoms with Crippen molar-refractivity contribution in [3.8, 4) is 5.75 Å². The number of ether oxygens (including phenoxy) is 1. The molecule has 3 N–H and O–H groups in total. The summed E-state index contributed by atoms with van der Waals surface area (Å²) in [7, 11) is 1.63. The van der Waals surface area contributed by atoms with Crippen molar-refractivity contribution in [2.45, 2.75) is 36.7 Å². The van der Waals surface area contributed by atoms with E-state index in [9.17, 15) is 4.79 Å². The van der Waals surface area contributed by atoms with Crippen LogP contribution in [0.3, 0.4) is 0 Å². The predicted octanol–water partition coefficient (Wildman–Crippen LogP) is 3.92. The van der Waals surface area contributed by atoms with E-state index in [1.54, 1.807) is 14.0 Å². The van der Waals surface area contributed by atoms with Gasteiger partial charge in [0.2, 0.25) is 0 Å². The Morgan fingerprint density at radius 1 is 1.25 bits per heavy atom. The number of carbonyl (C=O) groups is 1. The lowest BCUT2D eigenvalue weighted by molar-refractivity contribution is -0.116. The fraction of sp³-hybridized carbons (Fsp3) is 0.304. The second-order valence-corrected chi connectivity index (χ2v) is 8.65. The molecule has 0 bridgehead atoms. The molecule has 3 heterocycles. The van der Waals surface area contributed by atoms with E-state index < -0.39 is 0 Å². The van der Waals surface area contributed by atoms with Gasteiger partial charge in [-0.3, -0.25) is 9.89 Å². The van der Waals surface area contributed by atoms with Gasteiger partial charge in [-0.15, -0.1) is 0 Å². The van der Waals surface area contributed by atoms with Crippen LogP contribution < -0.4 is 15.4 Å². The molecule has 0 amide bonds. The van der Waals surface area contributed by atoms with Gasteiger partial charge in [0.05, 0.1) is 7.11 Å². The zero-order chi connectivity index (χ0) is 22.5. The number of anilines is 2. The number of aromatic amines is 1. The maximum absolute atomic E-state index is 11.4. The van der Waals surface area contributed by atoms with Crippen LogP contribution in [0.1, 0.15) is 30.3 Å². The van der Waals surface area contributed by atoms with Gasteiger partial charge < -0.3 is 15.4 Å². The molecule has 0 atom stereocenters. The quantitative estimate of drug-likeness (QED) is 0.444. The van der Waals surface area contributed by atoms with Crippen molar-refractivity contribution in [3.05, 3.63) is 53.4 Å². The molecular formula is C23H26N6O2S. The van der Waals surface area contributed by atoms with Gasteiger partial charge in [0, 0.05) is 29.6 Å². The number of Topliss-reactive ketones (excluding diaryl/α,β-unsaturated/α-hetero) is 1. The van der Waals surface area contributed by atoms with Crippen molar-refractivity contribution >= 4 is 34.8 Å². The third-order valence-corrected chi connectivity index (χ3v) is 5.83. The number of rotatable bonds is 8. The van der Waals surface area contributed by atoms with Gasteiger partial charge in [0.1, 0.15) is 11.5 Å². The number of nitrogens with one attached hydrogen (secondary N) is 3. The first kappa shape index (κ1) is 22.0. The van der Waals surface area contributed by atoms with Crippen molar-refractivity contribution in [3.63, 3.8) is 0 Å². The van der Waals surface area contributed by atoms with E-state index in [-0.39, 0.29) is 5.78 Å². The first-order chi connectivity index (χ1) is 15.5. The summed E-state index contributed by atoms with van der Waals surface area (Å²) in [6.07, 6.45) is 3.44. The number of hydrogen-bond acceptors (Lipinski definition) is 8. The van der Waals surface area contributed by atoms with Crippen molar-refractivity contribution in [2.75, 3.05) is 25.5 Å². The Morgan fingerprint density at radius 3 is 2.69 bits per heavy atom. The third-order valence-electron chi connectivity index (χ3n) is 4.96. The monoisotopic (exact) mass is 450 g/mol. The lowest BCUT2D eigenvalue weighted by Gasteiger charge is -2.19. The summed E-state index contributed by atoms with van der Waals surface area (Å²) in [4.78, 5) is 21.9. The third kappa shape index (κ3) is 5.35. The number of carbonyl (C=O) groups excluding carboxylic acids is 1. The molecule has 0 spiro atoms. The summed E-state index contributed by atoms with van der Waals surface area (Å²) in [5.74, 6) is 1.97. The van der Waals surface area contributed by atoms with E-state index in [1.165, 1.54) is 11.8 Å². The fourth-order valence-corrected chi connectivity index (χ4v) is 4.24. The van der Waals surface area contributed by atoms with Crippen molar-refractivity contribution in [2.24, 2.45) is 0 Å². The lowest BCUT2D eigenvalue weighted by atomic mass is 10.0. The van der Waals surface area contributed by atoms with E-state index in [1.807, 2.05) is 37.3 Å². The molecule has 3 aromatic rings. The molecule has 0 saturated carbocycles. The number of hydrogen-bond donors (Lipinski definition) is 3. The Hall–Kier alpha value is -3.17. The van der Waals surface area contributed by atoms with Crippen LogP contribution >= 0.6 is 11.8 Å². The highest BCUT2D eigenvalue weighted by atomic mass is 32.2. The highest BCUT2D eigenvalue weighted by Gasteiger charge is 2.21. The molecule has 9 heteroatoms. The number of aryl methyl sites for hydroxylation is 1. The zero-order valence-corrected chi connectivity index (χ0v) is 19.2. The van der Waals surface area contributed by atoms with Crippen LogP contribution in [0.2, 0.25) is 0 Å². The topological polar surface area (TPSA) is 105 Å². The Bertz CT molecular complexity index is 1140. The molecule has 1 aliphatic rings. The molecule has 0 radical (unpaired) electrons. The molecule has 0 fully saturated rings. The largest absolute Gasteiger partial charge is 0.491 e. The number of ketones is 1. The number of H-pyrrole nitrogens is 1. The first-order valence-corrected chi connectivity index (χ1v) is 11.2. The summed E-state index contributed by atoms with van der Waals surface area (Å²) < 4.78 is 5.74. The molecule has 166 valence electrons. The summed E-state index contributed by atoms with van der Waals surface area (Å²) in [5, 5.41) is 14.4. The molecule has 0 aliphatic carbocycles. The molecule has 2 aromatic heterocycles. The second kappa shape index (κ2) is 9.97. The standard InChI is InChI=1S/C23H26N6O2S/c1-14-12-19(29-28-14)25-22-21(31-3)20(17-8-10-24-11-9-17)26-23(27-22)32-18-6-4-16(5-7-18)13-15(2)30/h4-8,12,24H,9-11,13H2,1-3H3,(H2,25,26,27,28,29). The van der Waals surface area contributed by atoms with E-state index in [0.29, 0.717) is 29.0 Å². The maximum atomic E-state index is 11.4. The van der Waals surface area contributed by atoms with E-state index >= 15 is 0 Å². The predicted molar refractivity (Wildman–Crippen MR) is 126 cm³/mol. The smallest absolute Gasteiger partial charge is 0.195 e. The highest BCUT2D eigenvalue weighted by Crippen LogP contribution is 2.37. The Labute approximate surface area is 191 Å². The molecule has 1 aliphatic heterocycles. The average molecular weight is 451 g/mol. The average Bonchev–Trinajstić information content (AvgIpc) is 3.19. The maximum Gasteiger partial charge on any atom is 0.195 e. The van der Waals surface area contributed by atoms with Crippen LogP contribution in [0.4, 0.5) is 11.6 Å². The summed E-state index contributed by atoms with van der Waals surface area (Å²) >= 11 is 1.47. The summed E-state index contributed by atoms with van der Waals surface area (Å²) in [6, 6.07) is 9.82. The molecule has 1 aromatic carbocycles. The van der Waals surface area contributed by atoms with Gasteiger partial charge in [0.25, 0.3) is 0 Å². The molecular weight excluding hydrogens is 424 g/mol. The van der Waals surface area contributed by atoms with E-state index in [0.717, 1.165) is 46.9 Å². The van der Waals surface area contributed by atoms with Crippen LogP contribution in [-0.2, 0) is 11.2 Å². The van der Waals surface area contributed by atoms with Crippen molar-refractivity contribution in [1.82, 2.24) is 25.5 Å². The van der Waals surface area contributed by atoms with Gasteiger partial charge in [0.15, 0.2) is 22.5 Å². The lowest BCUT2D eigenvalue weighted by Crippen LogP contribution is -2.20. The Kier molecular flexibility index (Phi) is 6.87. The van der Waals surface area contributed by atoms with Crippen LogP contribution in [0.15, 0.2) is 46.5 Å². The van der Waals surface area contributed by atoms with E-state index in [2.05, 4.69) is 26.9 Å². The van der Waals surface area contributed by atoms with Gasteiger partial charge >= 0.3 is 0 Å². The second-order valence-electron chi connectivity index (χ2n) is 7.61. The minimum absolute atomic E-state index is 0.146. The molecule has 4 rings (SSSR count). The van der Waals surface area contributed by atoms with Gasteiger partial charge in [-0.2, -0.15) is 5.10 Å². The van der Waals surface area contributed by atoms with Crippen LogP contribution in [0.5, 0.6) is 5.75 Å². The first-order valence-electron chi connectivity index (χ1n) is 10.4. The van der Waals surface area contributed by atoms with Crippen LogP contribution in [0.25, 0.3) is 5.57 Å². The minimum Gasteiger partial charge on any atom is -0.491 e. The molecule has 0 saturated heterocycles. The summed E-state index contributed by atoms with van der Waals surface area (Å²) in [5.41, 5.74) is 3.86. The Morgan fingerprint density at radius 2 is 2.06 bits per heavy atom. The van der Waals surface area contributed by atoms with Gasteiger partial charge in [-0.05, 0) is 61.8 Å². The van der Waals surface area contributed by atoms with Gasteiger partial charge in [-0.1, -0.05) is 18.2 Å².